The predicted molar refractivity (Wildman–Crippen MR) is 90.9 cm³/mol. The fourth-order valence-electron chi connectivity index (χ4n) is 2.72. The number of hydrogen-bond acceptors (Lipinski definition) is 3. The highest BCUT2D eigenvalue weighted by Gasteiger charge is 2.20. The third kappa shape index (κ3) is 5.04. The quantitative estimate of drug-likeness (QED) is 0.811. The highest BCUT2D eigenvalue weighted by atomic mass is 32.2. The standard InChI is InChI=1S/C17H26N2O3S/c1-2-3-11-18-23(21,22)16-10-8-9-15(14-16)17(20)19-12-6-4-5-7-13-19/h8-10,14,18H,2-7,11-13H2,1H3. The van der Waals surface area contributed by atoms with Crippen LogP contribution in [0.25, 0.3) is 0 Å². The fraction of sp³-hybridized carbons (Fsp3) is 0.588. The first-order valence-electron chi connectivity index (χ1n) is 8.43. The van der Waals surface area contributed by atoms with E-state index in [4.69, 9.17) is 0 Å². The minimum Gasteiger partial charge on any atom is -0.339 e. The summed E-state index contributed by atoms with van der Waals surface area (Å²) >= 11 is 0. The molecule has 23 heavy (non-hydrogen) atoms. The van der Waals surface area contributed by atoms with E-state index < -0.39 is 10.0 Å². The van der Waals surface area contributed by atoms with Gasteiger partial charge in [-0.3, -0.25) is 4.79 Å². The fourth-order valence-corrected chi connectivity index (χ4v) is 3.84. The smallest absolute Gasteiger partial charge is 0.253 e. The number of benzene rings is 1. The van der Waals surface area contributed by atoms with Crippen LogP contribution in [0.4, 0.5) is 0 Å². The lowest BCUT2D eigenvalue weighted by Gasteiger charge is -2.20. The second kappa shape index (κ2) is 8.45. The average Bonchev–Trinajstić information content (AvgIpc) is 2.84. The van der Waals surface area contributed by atoms with E-state index in [1.165, 1.54) is 12.1 Å². The van der Waals surface area contributed by atoms with Crippen molar-refractivity contribution in [3.05, 3.63) is 29.8 Å². The lowest BCUT2D eigenvalue weighted by atomic mass is 10.2. The van der Waals surface area contributed by atoms with E-state index in [0.29, 0.717) is 12.1 Å². The van der Waals surface area contributed by atoms with E-state index in [9.17, 15) is 13.2 Å². The number of rotatable bonds is 6. The molecule has 1 aromatic rings. The number of amides is 1. The van der Waals surface area contributed by atoms with Crippen molar-refractivity contribution in [2.24, 2.45) is 0 Å². The van der Waals surface area contributed by atoms with E-state index >= 15 is 0 Å². The van der Waals surface area contributed by atoms with Crippen molar-refractivity contribution in [1.82, 2.24) is 9.62 Å². The number of likely N-dealkylation sites (tertiary alicyclic amines) is 1. The number of carbonyl (C=O) groups is 1. The maximum Gasteiger partial charge on any atom is 0.253 e. The Morgan fingerprint density at radius 2 is 1.87 bits per heavy atom. The molecule has 0 unspecified atom stereocenters. The lowest BCUT2D eigenvalue weighted by Crippen LogP contribution is -2.32. The van der Waals surface area contributed by atoms with Crippen molar-refractivity contribution in [3.63, 3.8) is 0 Å². The number of hydrogen-bond donors (Lipinski definition) is 1. The molecule has 128 valence electrons. The molecule has 2 rings (SSSR count). The van der Waals surface area contributed by atoms with Gasteiger partial charge in [0.25, 0.3) is 5.91 Å². The number of unbranched alkanes of at least 4 members (excludes halogenated alkanes) is 1. The van der Waals surface area contributed by atoms with Crippen molar-refractivity contribution < 1.29 is 13.2 Å². The summed E-state index contributed by atoms with van der Waals surface area (Å²) < 4.78 is 27.1. The van der Waals surface area contributed by atoms with Crippen molar-refractivity contribution in [2.45, 2.75) is 50.3 Å². The maximum absolute atomic E-state index is 12.6. The third-order valence-corrected chi connectivity index (χ3v) is 5.57. The summed E-state index contributed by atoms with van der Waals surface area (Å²) in [6.07, 6.45) is 6.06. The molecule has 1 heterocycles. The first-order valence-corrected chi connectivity index (χ1v) is 9.92. The van der Waals surface area contributed by atoms with Gasteiger partial charge >= 0.3 is 0 Å². The summed E-state index contributed by atoms with van der Waals surface area (Å²) in [5.41, 5.74) is 0.449. The molecule has 1 N–H and O–H groups in total. The van der Waals surface area contributed by atoms with Crippen LogP contribution in [0.5, 0.6) is 0 Å². The van der Waals surface area contributed by atoms with E-state index in [1.54, 1.807) is 12.1 Å². The van der Waals surface area contributed by atoms with Crippen LogP contribution < -0.4 is 4.72 Å². The van der Waals surface area contributed by atoms with Crippen molar-refractivity contribution in [3.8, 4) is 0 Å². The van der Waals surface area contributed by atoms with E-state index in [2.05, 4.69) is 4.72 Å². The van der Waals surface area contributed by atoms with Gasteiger partial charge in [0.1, 0.15) is 0 Å². The zero-order chi connectivity index (χ0) is 16.7. The number of nitrogens with zero attached hydrogens (tertiary/aromatic N) is 1. The van der Waals surface area contributed by atoms with Gasteiger partial charge in [0.2, 0.25) is 10.0 Å². The SMILES string of the molecule is CCCCNS(=O)(=O)c1cccc(C(=O)N2CCCCCC2)c1. The van der Waals surface area contributed by atoms with Crippen LogP contribution in [0.2, 0.25) is 0 Å². The van der Waals surface area contributed by atoms with Gasteiger partial charge in [0.05, 0.1) is 4.90 Å². The minimum absolute atomic E-state index is 0.0718. The molecule has 1 saturated heterocycles. The molecule has 5 nitrogen and oxygen atoms in total. The summed E-state index contributed by atoms with van der Waals surface area (Å²) in [7, 11) is -3.55. The molecule has 0 aliphatic carbocycles. The number of carbonyl (C=O) groups excluding carboxylic acids is 1. The van der Waals surface area contributed by atoms with E-state index in [0.717, 1.165) is 51.6 Å². The highest BCUT2D eigenvalue weighted by molar-refractivity contribution is 7.89. The molecular formula is C17H26N2O3S. The normalized spacial score (nSPS) is 16.1. The topological polar surface area (TPSA) is 66.5 Å². The van der Waals surface area contributed by atoms with Gasteiger partial charge in [-0.1, -0.05) is 32.3 Å². The van der Waals surface area contributed by atoms with Crippen LogP contribution in [0.15, 0.2) is 29.2 Å². The highest BCUT2D eigenvalue weighted by Crippen LogP contribution is 2.16. The third-order valence-electron chi connectivity index (χ3n) is 4.11. The Morgan fingerprint density at radius 3 is 2.52 bits per heavy atom. The Balaban J connectivity index is 2.13. The van der Waals surface area contributed by atoms with Gasteiger partial charge in [-0.15, -0.1) is 0 Å². The zero-order valence-corrected chi connectivity index (χ0v) is 14.6. The molecule has 0 radical (unpaired) electrons. The zero-order valence-electron chi connectivity index (χ0n) is 13.8. The number of nitrogens with one attached hydrogen (secondary N) is 1. The van der Waals surface area contributed by atoms with Crippen LogP contribution in [0, 0.1) is 0 Å². The first kappa shape index (κ1) is 17.9. The molecule has 0 spiro atoms. The van der Waals surface area contributed by atoms with Gasteiger partial charge in [-0.05, 0) is 37.5 Å². The van der Waals surface area contributed by atoms with Crippen molar-refractivity contribution in [1.29, 1.82) is 0 Å². The summed E-state index contributed by atoms with van der Waals surface area (Å²) in [6.45, 7) is 3.94. The van der Waals surface area contributed by atoms with Gasteiger partial charge in [0, 0.05) is 25.2 Å². The Bertz CT molecular complexity index is 620. The van der Waals surface area contributed by atoms with Crippen LogP contribution >= 0.6 is 0 Å². The van der Waals surface area contributed by atoms with Crippen LogP contribution in [0.1, 0.15) is 55.8 Å². The molecule has 6 heteroatoms. The molecule has 1 amide bonds. The molecule has 1 aromatic carbocycles. The molecule has 1 aliphatic rings. The molecule has 1 fully saturated rings. The van der Waals surface area contributed by atoms with E-state index in [-0.39, 0.29) is 10.8 Å². The summed E-state index contributed by atoms with van der Waals surface area (Å²) in [6, 6.07) is 6.35. The second-order valence-electron chi connectivity index (χ2n) is 5.99. The van der Waals surface area contributed by atoms with Crippen molar-refractivity contribution >= 4 is 15.9 Å². The largest absolute Gasteiger partial charge is 0.339 e. The summed E-state index contributed by atoms with van der Waals surface area (Å²) in [5.74, 6) is -0.0718. The maximum atomic E-state index is 12.6. The molecule has 0 bridgehead atoms. The molecule has 0 saturated carbocycles. The molecule has 0 aromatic heterocycles. The molecule has 0 atom stereocenters. The average molecular weight is 338 g/mol. The van der Waals surface area contributed by atoms with Gasteiger partial charge in [-0.2, -0.15) is 0 Å². The Kier molecular flexibility index (Phi) is 6.59. The molecular weight excluding hydrogens is 312 g/mol. The minimum atomic E-state index is -3.55. The van der Waals surface area contributed by atoms with Crippen LogP contribution in [-0.4, -0.2) is 38.9 Å². The lowest BCUT2D eigenvalue weighted by molar-refractivity contribution is 0.0761. The first-order chi connectivity index (χ1) is 11.0. The second-order valence-corrected chi connectivity index (χ2v) is 7.75. The predicted octanol–water partition coefficient (Wildman–Crippen LogP) is 2.78. The Hall–Kier alpha value is -1.40. The van der Waals surface area contributed by atoms with Crippen molar-refractivity contribution in [2.75, 3.05) is 19.6 Å². The summed E-state index contributed by atoms with van der Waals surface area (Å²) in [5, 5.41) is 0. The Morgan fingerprint density at radius 1 is 1.17 bits per heavy atom. The van der Waals surface area contributed by atoms with Crippen LogP contribution in [0.3, 0.4) is 0 Å². The van der Waals surface area contributed by atoms with E-state index in [1.807, 2.05) is 11.8 Å². The number of sulfonamides is 1. The van der Waals surface area contributed by atoms with Gasteiger partial charge in [0.15, 0.2) is 0 Å². The summed E-state index contributed by atoms with van der Waals surface area (Å²) in [4.78, 5) is 14.6. The Labute approximate surface area is 139 Å². The molecule has 1 aliphatic heterocycles. The van der Waals surface area contributed by atoms with Gasteiger partial charge in [-0.25, -0.2) is 13.1 Å². The van der Waals surface area contributed by atoms with Gasteiger partial charge < -0.3 is 4.90 Å². The van der Waals surface area contributed by atoms with Crippen LogP contribution in [-0.2, 0) is 10.0 Å². The monoisotopic (exact) mass is 338 g/mol.